The van der Waals surface area contributed by atoms with E-state index in [0.29, 0.717) is 22.5 Å². The molecule has 1 saturated heterocycles. The molecule has 0 saturated carbocycles. The van der Waals surface area contributed by atoms with Crippen molar-refractivity contribution < 1.29 is 4.79 Å². The summed E-state index contributed by atoms with van der Waals surface area (Å²) in [5.74, 6) is 0.220. The predicted octanol–water partition coefficient (Wildman–Crippen LogP) is 1.50. The zero-order valence-electron chi connectivity index (χ0n) is 15.9. The van der Waals surface area contributed by atoms with Gasteiger partial charge in [0.05, 0.1) is 22.8 Å². The minimum atomic E-state index is -0.250. The second kappa shape index (κ2) is 7.73. The highest BCUT2D eigenvalue weighted by Crippen LogP contribution is 2.21. The minimum absolute atomic E-state index is 0.131. The van der Waals surface area contributed by atoms with Crippen molar-refractivity contribution in [3.8, 4) is 23.0 Å². The lowest BCUT2D eigenvalue weighted by Gasteiger charge is -2.11. The Morgan fingerprint density at radius 1 is 1.31 bits per heavy atom. The monoisotopic (exact) mass is 388 g/mol. The van der Waals surface area contributed by atoms with Crippen LogP contribution < -0.4 is 16.2 Å². The molecule has 0 aliphatic carbocycles. The Balaban J connectivity index is 1.57. The van der Waals surface area contributed by atoms with Gasteiger partial charge >= 0.3 is 0 Å². The summed E-state index contributed by atoms with van der Waals surface area (Å²) in [4.78, 5) is 29.5. The van der Waals surface area contributed by atoms with Crippen molar-refractivity contribution >= 4 is 5.91 Å². The van der Waals surface area contributed by atoms with E-state index in [1.54, 1.807) is 36.5 Å². The van der Waals surface area contributed by atoms with Crippen LogP contribution in [0, 0.1) is 18.3 Å². The molecule has 2 aromatic heterocycles. The first-order valence-corrected chi connectivity index (χ1v) is 9.36. The van der Waals surface area contributed by atoms with Crippen LogP contribution in [0.1, 0.15) is 27.9 Å². The first kappa shape index (κ1) is 18.7. The molecule has 146 valence electrons. The van der Waals surface area contributed by atoms with E-state index in [1.165, 1.54) is 10.9 Å². The molecule has 0 bridgehead atoms. The van der Waals surface area contributed by atoms with E-state index in [-0.39, 0.29) is 17.5 Å². The standard InChI is InChI=1S/C21H20N6O2/c1-13-8-14(9-22)2-4-17(13)18-12-25-27(21(18)29)19-5-3-15(10-24-19)20(28)26-16-6-7-23-11-16/h2-5,8,10,12,16,23,25H,6-7,11H2,1H3,(H,26,28)/t16-/m0/s1. The molecule has 3 heterocycles. The predicted molar refractivity (Wildman–Crippen MR) is 108 cm³/mol. The molecule has 29 heavy (non-hydrogen) atoms. The van der Waals surface area contributed by atoms with Crippen molar-refractivity contribution in [3.05, 3.63) is 69.8 Å². The summed E-state index contributed by atoms with van der Waals surface area (Å²) in [6.45, 7) is 3.53. The SMILES string of the molecule is Cc1cc(C#N)ccc1-c1c[nH]n(-c2ccc(C(=O)N[C@H]3CCNC3)cn2)c1=O. The van der Waals surface area contributed by atoms with E-state index < -0.39 is 0 Å². The number of carbonyl (C=O) groups is 1. The number of aromatic amines is 1. The van der Waals surface area contributed by atoms with E-state index in [4.69, 9.17) is 5.26 Å². The van der Waals surface area contributed by atoms with E-state index in [9.17, 15) is 9.59 Å². The van der Waals surface area contributed by atoms with Gasteiger partial charge in [-0.1, -0.05) is 6.07 Å². The minimum Gasteiger partial charge on any atom is -0.348 e. The number of H-pyrrole nitrogens is 1. The highest BCUT2D eigenvalue weighted by Gasteiger charge is 2.18. The van der Waals surface area contributed by atoms with Gasteiger partial charge in [-0.3, -0.25) is 14.7 Å². The molecule has 1 aromatic carbocycles. The number of hydrogen-bond donors (Lipinski definition) is 3. The van der Waals surface area contributed by atoms with Gasteiger partial charge in [0.15, 0.2) is 5.82 Å². The molecule has 1 aliphatic rings. The average molecular weight is 388 g/mol. The summed E-state index contributed by atoms with van der Waals surface area (Å²) in [5.41, 5.74) is 2.83. The van der Waals surface area contributed by atoms with Gasteiger partial charge in [-0.05, 0) is 55.3 Å². The third-order valence-electron chi connectivity index (χ3n) is 5.05. The number of carbonyl (C=O) groups excluding carboxylic acids is 1. The molecular formula is C21H20N6O2. The largest absolute Gasteiger partial charge is 0.348 e. The molecule has 1 aliphatic heterocycles. The normalized spacial score (nSPS) is 15.8. The highest BCUT2D eigenvalue weighted by atomic mass is 16.2. The third-order valence-corrected chi connectivity index (χ3v) is 5.05. The van der Waals surface area contributed by atoms with Gasteiger partial charge in [-0.2, -0.15) is 5.26 Å². The number of nitriles is 1. The molecule has 8 heteroatoms. The molecular weight excluding hydrogens is 368 g/mol. The molecule has 3 N–H and O–H groups in total. The summed E-state index contributed by atoms with van der Waals surface area (Å²) in [6.07, 6.45) is 3.99. The lowest BCUT2D eigenvalue weighted by Crippen LogP contribution is -2.36. The summed E-state index contributed by atoms with van der Waals surface area (Å²) in [7, 11) is 0. The Morgan fingerprint density at radius 3 is 2.83 bits per heavy atom. The molecule has 0 spiro atoms. The molecule has 4 rings (SSSR count). The third kappa shape index (κ3) is 3.68. The zero-order chi connectivity index (χ0) is 20.4. The number of nitrogens with zero attached hydrogens (tertiary/aromatic N) is 3. The fraction of sp³-hybridized carbons (Fsp3) is 0.238. The number of nitrogens with one attached hydrogen (secondary N) is 3. The highest BCUT2D eigenvalue weighted by molar-refractivity contribution is 5.94. The van der Waals surface area contributed by atoms with E-state index in [1.807, 2.05) is 6.92 Å². The Hall–Kier alpha value is -3.70. The van der Waals surface area contributed by atoms with Crippen LogP contribution in [0.3, 0.4) is 0 Å². The van der Waals surface area contributed by atoms with Crippen molar-refractivity contribution in [2.45, 2.75) is 19.4 Å². The Bertz CT molecular complexity index is 1150. The Morgan fingerprint density at radius 2 is 2.17 bits per heavy atom. The van der Waals surface area contributed by atoms with Crippen molar-refractivity contribution in [1.29, 1.82) is 5.26 Å². The molecule has 3 aromatic rings. The van der Waals surface area contributed by atoms with Crippen LogP contribution in [0.4, 0.5) is 0 Å². The van der Waals surface area contributed by atoms with Crippen molar-refractivity contribution in [1.82, 2.24) is 25.4 Å². The fourth-order valence-corrected chi connectivity index (χ4v) is 3.47. The number of amides is 1. The maximum Gasteiger partial charge on any atom is 0.280 e. The first-order chi connectivity index (χ1) is 14.1. The zero-order valence-corrected chi connectivity index (χ0v) is 15.9. The van der Waals surface area contributed by atoms with Gasteiger partial charge in [0, 0.05) is 25.0 Å². The summed E-state index contributed by atoms with van der Waals surface area (Å²) < 4.78 is 1.33. The Labute approximate surface area is 167 Å². The molecule has 1 amide bonds. The van der Waals surface area contributed by atoms with Gasteiger partial charge < -0.3 is 10.6 Å². The molecule has 1 atom stereocenters. The van der Waals surface area contributed by atoms with Crippen LogP contribution in [-0.2, 0) is 0 Å². The van der Waals surface area contributed by atoms with Gasteiger partial charge in [-0.25, -0.2) is 9.67 Å². The maximum atomic E-state index is 12.9. The maximum absolute atomic E-state index is 12.9. The second-order valence-electron chi connectivity index (χ2n) is 7.04. The second-order valence-corrected chi connectivity index (χ2v) is 7.04. The fourth-order valence-electron chi connectivity index (χ4n) is 3.47. The summed E-state index contributed by atoms with van der Waals surface area (Å²) in [5, 5.41) is 18.1. The number of benzene rings is 1. The van der Waals surface area contributed by atoms with E-state index >= 15 is 0 Å². The van der Waals surface area contributed by atoms with Gasteiger partial charge in [0.1, 0.15) is 0 Å². The molecule has 0 unspecified atom stereocenters. The number of hydrogen-bond acceptors (Lipinski definition) is 5. The smallest absolute Gasteiger partial charge is 0.280 e. The number of pyridine rings is 1. The average Bonchev–Trinajstić information content (AvgIpc) is 3.38. The van der Waals surface area contributed by atoms with E-state index in [2.05, 4.69) is 26.8 Å². The molecule has 8 nitrogen and oxygen atoms in total. The van der Waals surface area contributed by atoms with Crippen LogP contribution in [0.5, 0.6) is 0 Å². The van der Waals surface area contributed by atoms with Crippen molar-refractivity contribution in [2.24, 2.45) is 0 Å². The van der Waals surface area contributed by atoms with Crippen molar-refractivity contribution in [3.63, 3.8) is 0 Å². The summed E-state index contributed by atoms with van der Waals surface area (Å²) >= 11 is 0. The first-order valence-electron chi connectivity index (χ1n) is 9.36. The van der Waals surface area contributed by atoms with Crippen LogP contribution in [0.15, 0.2) is 47.5 Å². The van der Waals surface area contributed by atoms with Crippen LogP contribution >= 0.6 is 0 Å². The lowest BCUT2D eigenvalue weighted by molar-refractivity contribution is 0.0939. The Kier molecular flexibility index (Phi) is 4.97. The lowest BCUT2D eigenvalue weighted by atomic mass is 10.0. The number of rotatable bonds is 4. The van der Waals surface area contributed by atoms with Gasteiger partial charge in [0.25, 0.3) is 11.5 Å². The summed E-state index contributed by atoms with van der Waals surface area (Å²) in [6, 6.07) is 10.7. The number of aryl methyl sites for hydroxylation is 1. The van der Waals surface area contributed by atoms with Crippen LogP contribution in [0.25, 0.3) is 16.9 Å². The number of aromatic nitrogens is 3. The van der Waals surface area contributed by atoms with Crippen molar-refractivity contribution in [2.75, 3.05) is 13.1 Å². The quantitative estimate of drug-likeness (QED) is 0.626. The molecule has 1 fully saturated rings. The van der Waals surface area contributed by atoms with Gasteiger partial charge in [-0.15, -0.1) is 0 Å². The molecule has 0 radical (unpaired) electrons. The van der Waals surface area contributed by atoms with E-state index in [0.717, 1.165) is 30.6 Å². The topological polar surface area (TPSA) is 116 Å². The van der Waals surface area contributed by atoms with Crippen LogP contribution in [-0.4, -0.2) is 39.8 Å². The van der Waals surface area contributed by atoms with Crippen LogP contribution in [0.2, 0.25) is 0 Å². The van der Waals surface area contributed by atoms with Gasteiger partial charge in [0.2, 0.25) is 0 Å².